The Morgan fingerprint density at radius 3 is 1.62 bits per heavy atom. The molecule has 50 heavy (non-hydrogen) atoms. The summed E-state index contributed by atoms with van der Waals surface area (Å²) in [5.74, 6) is 0. The maximum absolute atomic E-state index is 2.46. The van der Waals surface area contributed by atoms with E-state index in [4.69, 9.17) is 0 Å². The first-order valence-corrected chi connectivity index (χ1v) is 17.4. The van der Waals surface area contributed by atoms with E-state index in [9.17, 15) is 0 Å². The van der Waals surface area contributed by atoms with E-state index in [0.29, 0.717) is 0 Å². The first kappa shape index (κ1) is 28.6. The lowest BCUT2D eigenvalue weighted by molar-refractivity contribution is 0.769. The van der Waals surface area contributed by atoms with Gasteiger partial charge in [0, 0.05) is 16.3 Å². The maximum Gasteiger partial charge on any atom is 0.0713 e. The maximum atomic E-state index is 2.46. The summed E-state index contributed by atoms with van der Waals surface area (Å²) in [5, 5.41) is 2.51. The van der Waals surface area contributed by atoms with Gasteiger partial charge < -0.3 is 4.57 Å². The fourth-order valence-electron chi connectivity index (χ4n) is 8.57. The van der Waals surface area contributed by atoms with Crippen LogP contribution in [0.2, 0.25) is 0 Å². The van der Waals surface area contributed by atoms with E-state index in [1.54, 1.807) is 0 Å². The number of aromatic nitrogens is 1. The van der Waals surface area contributed by atoms with Crippen molar-refractivity contribution in [2.75, 3.05) is 0 Å². The summed E-state index contributed by atoms with van der Waals surface area (Å²) in [5.41, 5.74) is 15.9. The zero-order chi connectivity index (χ0) is 33.1. The Hall–Kier alpha value is -6.44. The molecule has 1 aliphatic carbocycles. The summed E-state index contributed by atoms with van der Waals surface area (Å²) >= 11 is 0. The van der Waals surface area contributed by atoms with Gasteiger partial charge in [-0.3, -0.25) is 0 Å². The summed E-state index contributed by atoms with van der Waals surface area (Å²) < 4.78 is 2.44. The molecule has 0 amide bonds. The van der Waals surface area contributed by atoms with Crippen molar-refractivity contribution in [1.29, 1.82) is 0 Å². The van der Waals surface area contributed by atoms with Crippen LogP contribution in [0.1, 0.15) is 22.3 Å². The third-order valence-corrected chi connectivity index (χ3v) is 10.7. The topological polar surface area (TPSA) is 4.93 Å². The summed E-state index contributed by atoms with van der Waals surface area (Å²) in [6.45, 7) is 0. The molecule has 0 unspecified atom stereocenters. The van der Waals surface area contributed by atoms with Crippen LogP contribution in [0.25, 0.3) is 60.9 Å². The van der Waals surface area contributed by atoms with Crippen molar-refractivity contribution in [2.45, 2.75) is 5.41 Å². The van der Waals surface area contributed by atoms with Crippen molar-refractivity contribution in [1.82, 2.24) is 4.57 Å². The number of benzene rings is 8. The predicted molar refractivity (Wildman–Crippen MR) is 209 cm³/mol. The Morgan fingerprint density at radius 1 is 0.320 bits per heavy atom. The van der Waals surface area contributed by atoms with Crippen molar-refractivity contribution in [2.24, 2.45) is 0 Å². The molecule has 0 saturated carbocycles. The van der Waals surface area contributed by atoms with E-state index >= 15 is 0 Å². The lowest BCUT2D eigenvalue weighted by Gasteiger charge is -2.34. The van der Waals surface area contributed by atoms with Crippen LogP contribution < -0.4 is 0 Å². The molecule has 0 bridgehead atoms. The molecule has 0 aliphatic heterocycles. The number of para-hydroxylation sites is 2. The van der Waals surface area contributed by atoms with Crippen LogP contribution >= 0.6 is 0 Å². The second-order valence-corrected chi connectivity index (χ2v) is 13.3. The summed E-state index contributed by atoms with van der Waals surface area (Å²) in [6.07, 6.45) is 0. The van der Waals surface area contributed by atoms with Gasteiger partial charge in [0.2, 0.25) is 0 Å². The molecule has 0 spiro atoms. The van der Waals surface area contributed by atoms with Crippen LogP contribution in [0, 0.1) is 0 Å². The lowest BCUT2D eigenvalue weighted by Crippen LogP contribution is -2.28. The van der Waals surface area contributed by atoms with Gasteiger partial charge in [-0.1, -0.05) is 170 Å². The van der Waals surface area contributed by atoms with E-state index in [0.717, 1.165) is 0 Å². The zero-order valence-electron chi connectivity index (χ0n) is 27.5. The molecule has 234 valence electrons. The highest BCUT2D eigenvalue weighted by atomic mass is 15.0. The van der Waals surface area contributed by atoms with Gasteiger partial charge >= 0.3 is 0 Å². The van der Waals surface area contributed by atoms with E-state index in [-0.39, 0.29) is 0 Å². The Bertz CT molecular complexity index is 2640. The fourth-order valence-corrected chi connectivity index (χ4v) is 8.57. The first-order chi connectivity index (χ1) is 24.8. The number of hydrogen-bond acceptors (Lipinski definition) is 0. The monoisotopic (exact) mass is 635 g/mol. The highest BCUT2D eigenvalue weighted by Gasteiger charge is 2.46. The van der Waals surface area contributed by atoms with Crippen molar-refractivity contribution >= 4 is 21.8 Å². The Labute approximate surface area is 292 Å². The van der Waals surface area contributed by atoms with Gasteiger partial charge in [0.25, 0.3) is 0 Å². The lowest BCUT2D eigenvalue weighted by atomic mass is 9.67. The second-order valence-electron chi connectivity index (χ2n) is 13.3. The number of nitrogens with zero attached hydrogens (tertiary/aromatic N) is 1. The van der Waals surface area contributed by atoms with Crippen molar-refractivity contribution in [3.05, 3.63) is 222 Å². The standard InChI is InChI=1S/C49H33N/c1-4-16-34(17-5-1)39-22-11-14-26-46(39)50-47-27-15-12-24-42(47)43-32-35(29-31-48(43)50)36-28-30-41-40-23-10-13-25-44(40)49(45(41)33-36,37-18-6-2-7-19-37)38-20-8-3-9-21-38/h1-33H. The highest BCUT2D eigenvalue weighted by Crippen LogP contribution is 2.56. The molecule has 0 saturated heterocycles. The average Bonchev–Trinajstić information content (AvgIpc) is 3.69. The molecule has 1 aromatic heterocycles. The Kier molecular flexibility index (Phi) is 6.47. The molecular weight excluding hydrogens is 603 g/mol. The second kappa shape index (κ2) is 11.3. The molecule has 10 rings (SSSR count). The summed E-state index contributed by atoms with van der Waals surface area (Å²) in [4.78, 5) is 0. The van der Waals surface area contributed by atoms with Crippen LogP contribution in [0.4, 0.5) is 0 Å². The number of hydrogen-bond donors (Lipinski definition) is 0. The van der Waals surface area contributed by atoms with E-state index < -0.39 is 5.41 Å². The average molecular weight is 636 g/mol. The van der Waals surface area contributed by atoms with Crippen LogP contribution in [0.15, 0.2) is 200 Å². The van der Waals surface area contributed by atoms with Gasteiger partial charge in [0.15, 0.2) is 0 Å². The quantitative estimate of drug-likeness (QED) is 0.177. The summed E-state index contributed by atoms with van der Waals surface area (Å²) in [7, 11) is 0. The van der Waals surface area contributed by atoms with E-state index in [1.807, 2.05) is 0 Å². The molecular formula is C49H33N. The third kappa shape index (κ3) is 4.14. The largest absolute Gasteiger partial charge is 0.309 e. The highest BCUT2D eigenvalue weighted by molar-refractivity contribution is 6.11. The van der Waals surface area contributed by atoms with Gasteiger partial charge in [-0.2, -0.15) is 0 Å². The van der Waals surface area contributed by atoms with Crippen molar-refractivity contribution in [3.63, 3.8) is 0 Å². The minimum absolute atomic E-state index is 0.425. The first-order valence-electron chi connectivity index (χ1n) is 17.4. The van der Waals surface area contributed by atoms with Crippen LogP contribution in [-0.2, 0) is 5.41 Å². The Morgan fingerprint density at radius 2 is 0.860 bits per heavy atom. The van der Waals surface area contributed by atoms with Crippen LogP contribution in [0.5, 0.6) is 0 Å². The Balaban J connectivity index is 1.20. The minimum Gasteiger partial charge on any atom is -0.309 e. The third-order valence-electron chi connectivity index (χ3n) is 10.7. The van der Waals surface area contributed by atoms with Crippen molar-refractivity contribution in [3.8, 4) is 39.1 Å². The molecule has 1 heterocycles. The van der Waals surface area contributed by atoms with Crippen LogP contribution in [0.3, 0.4) is 0 Å². The van der Waals surface area contributed by atoms with Gasteiger partial charge in [0.1, 0.15) is 0 Å². The summed E-state index contributed by atoms with van der Waals surface area (Å²) in [6, 6.07) is 73.4. The van der Waals surface area contributed by atoms with Gasteiger partial charge in [-0.15, -0.1) is 0 Å². The molecule has 1 nitrogen and oxygen atoms in total. The SMILES string of the molecule is c1ccc(-c2ccccc2-n2c3ccccc3c3cc(-c4ccc5c(c4)C(c4ccccc4)(c4ccccc4)c4ccccc4-5)ccc32)cc1. The van der Waals surface area contributed by atoms with Gasteiger partial charge in [0.05, 0.1) is 22.1 Å². The molecule has 9 aromatic rings. The van der Waals surface area contributed by atoms with Gasteiger partial charge in [-0.25, -0.2) is 0 Å². The molecule has 1 aliphatic rings. The van der Waals surface area contributed by atoms with Gasteiger partial charge in [-0.05, 0) is 80.4 Å². The molecule has 8 aromatic carbocycles. The molecule has 0 radical (unpaired) electrons. The molecule has 0 atom stereocenters. The van der Waals surface area contributed by atoms with Crippen molar-refractivity contribution < 1.29 is 0 Å². The molecule has 0 fully saturated rings. The molecule has 0 N–H and O–H groups in total. The number of rotatable bonds is 5. The zero-order valence-corrected chi connectivity index (χ0v) is 27.5. The smallest absolute Gasteiger partial charge is 0.0713 e. The van der Waals surface area contributed by atoms with E-state index in [2.05, 4.69) is 205 Å². The predicted octanol–water partition coefficient (Wildman–Crippen LogP) is 12.5. The van der Waals surface area contributed by atoms with Crippen LogP contribution in [-0.4, -0.2) is 4.57 Å². The number of fused-ring (bicyclic) bond motifs is 6. The minimum atomic E-state index is -0.425. The fraction of sp³-hybridized carbons (Fsp3) is 0.0204. The normalized spacial score (nSPS) is 13.0. The van der Waals surface area contributed by atoms with E-state index in [1.165, 1.54) is 83.1 Å². The molecule has 1 heteroatoms.